The average molecular weight is 210 g/mol. The number of ether oxygens (including phenoxy) is 1. The van der Waals surface area contributed by atoms with Crippen LogP contribution in [0.5, 0.6) is 11.6 Å². The molecule has 1 heterocycles. The molecule has 14 heavy (non-hydrogen) atoms. The van der Waals surface area contributed by atoms with E-state index in [2.05, 4.69) is 15.4 Å². The minimum absolute atomic E-state index is 0.437. The zero-order valence-electron chi connectivity index (χ0n) is 7.49. The summed E-state index contributed by atoms with van der Waals surface area (Å²) in [4.78, 5) is 0. The maximum absolute atomic E-state index is 5.87. The first-order chi connectivity index (χ1) is 6.75. The molecule has 0 fully saturated rings. The van der Waals surface area contributed by atoms with Crippen molar-refractivity contribution < 1.29 is 4.74 Å². The number of H-pyrrole nitrogens is 1. The van der Waals surface area contributed by atoms with Crippen LogP contribution in [0.4, 0.5) is 0 Å². The lowest BCUT2D eigenvalue weighted by Gasteiger charge is -2.03. The lowest BCUT2D eigenvalue weighted by Crippen LogP contribution is -1.85. The first-order valence-electron chi connectivity index (χ1n) is 4.05. The Labute approximate surface area is 85.9 Å². The number of aryl methyl sites for hydroxylation is 1. The van der Waals surface area contributed by atoms with E-state index in [1.54, 1.807) is 12.1 Å². The van der Waals surface area contributed by atoms with E-state index in [0.717, 1.165) is 10.6 Å². The molecule has 2 rings (SSSR count). The van der Waals surface area contributed by atoms with Crippen LogP contribution in [0.1, 0.15) is 5.56 Å². The van der Waals surface area contributed by atoms with Gasteiger partial charge in [0.2, 0.25) is 0 Å². The third-order valence-electron chi connectivity index (χ3n) is 1.74. The van der Waals surface area contributed by atoms with Gasteiger partial charge in [-0.15, -0.1) is 5.10 Å². The molecule has 0 amide bonds. The van der Waals surface area contributed by atoms with Gasteiger partial charge < -0.3 is 4.74 Å². The smallest absolute Gasteiger partial charge is 0.258 e. The number of aromatic amines is 1. The normalized spacial score (nSPS) is 10.1. The summed E-state index contributed by atoms with van der Waals surface area (Å²) >= 11 is 5.87. The van der Waals surface area contributed by atoms with Crippen LogP contribution in [0.25, 0.3) is 0 Å². The molecular weight excluding hydrogens is 202 g/mol. The quantitative estimate of drug-likeness (QED) is 0.827. The number of halogens is 1. The van der Waals surface area contributed by atoms with Gasteiger partial charge in [-0.25, -0.2) is 0 Å². The standard InChI is InChI=1S/C9H8ClN3O/c1-6-4-7(2-3-8(6)10)14-9-5-11-13-12-9/h2-5H,1H3,(H,11,12,13). The monoisotopic (exact) mass is 209 g/mol. The Kier molecular flexibility index (Phi) is 2.37. The van der Waals surface area contributed by atoms with E-state index in [-0.39, 0.29) is 0 Å². The van der Waals surface area contributed by atoms with E-state index < -0.39 is 0 Å². The van der Waals surface area contributed by atoms with E-state index in [4.69, 9.17) is 16.3 Å². The van der Waals surface area contributed by atoms with Crippen molar-refractivity contribution in [3.8, 4) is 11.6 Å². The summed E-state index contributed by atoms with van der Waals surface area (Å²) in [6.07, 6.45) is 1.50. The van der Waals surface area contributed by atoms with Gasteiger partial charge in [-0.1, -0.05) is 11.6 Å². The van der Waals surface area contributed by atoms with Gasteiger partial charge in [-0.2, -0.15) is 10.3 Å². The number of hydrogen-bond donors (Lipinski definition) is 1. The number of rotatable bonds is 2. The lowest BCUT2D eigenvalue weighted by atomic mass is 10.2. The summed E-state index contributed by atoms with van der Waals surface area (Å²) in [5.74, 6) is 1.13. The van der Waals surface area contributed by atoms with Crippen molar-refractivity contribution >= 4 is 11.6 Å². The average Bonchev–Trinajstić information content (AvgIpc) is 2.64. The Hall–Kier alpha value is -1.55. The summed E-state index contributed by atoms with van der Waals surface area (Å²) in [5.41, 5.74) is 0.965. The minimum atomic E-state index is 0.437. The second-order valence-corrected chi connectivity index (χ2v) is 3.23. The van der Waals surface area contributed by atoms with Crippen molar-refractivity contribution in [2.45, 2.75) is 6.92 Å². The van der Waals surface area contributed by atoms with Crippen molar-refractivity contribution in [3.63, 3.8) is 0 Å². The second kappa shape index (κ2) is 3.67. The predicted molar refractivity (Wildman–Crippen MR) is 52.6 cm³/mol. The molecule has 72 valence electrons. The number of aromatic nitrogens is 3. The molecule has 2 aromatic rings. The van der Waals surface area contributed by atoms with Gasteiger partial charge in [0.1, 0.15) is 11.9 Å². The van der Waals surface area contributed by atoms with Gasteiger partial charge in [0, 0.05) is 5.02 Å². The fourth-order valence-corrected chi connectivity index (χ4v) is 1.16. The van der Waals surface area contributed by atoms with Gasteiger partial charge in [0.15, 0.2) is 0 Å². The second-order valence-electron chi connectivity index (χ2n) is 2.82. The molecular formula is C9H8ClN3O. The molecule has 0 aliphatic carbocycles. The fraction of sp³-hybridized carbons (Fsp3) is 0.111. The number of nitrogens with one attached hydrogen (secondary N) is 1. The molecule has 0 saturated carbocycles. The van der Waals surface area contributed by atoms with Gasteiger partial charge in [0.25, 0.3) is 5.88 Å². The highest BCUT2D eigenvalue weighted by Gasteiger charge is 2.01. The molecule has 0 atom stereocenters. The molecule has 1 aromatic carbocycles. The lowest BCUT2D eigenvalue weighted by molar-refractivity contribution is 0.461. The topological polar surface area (TPSA) is 50.8 Å². The van der Waals surface area contributed by atoms with E-state index >= 15 is 0 Å². The molecule has 0 bridgehead atoms. The fourth-order valence-electron chi connectivity index (χ4n) is 1.04. The summed E-state index contributed by atoms with van der Waals surface area (Å²) in [6.45, 7) is 1.91. The Morgan fingerprint density at radius 3 is 2.93 bits per heavy atom. The molecule has 0 aliphatic heterocycles. The highest BCUT2D eigenvalue weighted by atomic mass is 35.5. The Balaban J connectivity index is 2.22. The van der Waals surface area contributed by atoms with E-state index in [0.29, 0.717) is 11.6 Å². The van der Waals surface area contributed by atoms with Crippen molar-refractivity contribution in [2.75, 3.05) is 0 Å². The van der Waals surface area contributed by atoms with Crippen LogP contribution in [-0.2, 0) is 0 Å². The first-order valence-corrected chi connectivity index (χ1v) is 4.43. The van der Waals surface area contributed by atoms with Crippen LogP contribution in [0.15, 0.2) is 24.4 Å². The maximum atomic E-state index is 5.87. The number of hydrogen-bond acceptors (Lipinski definition) is 3. The van der Waals surface area contributed by atoms with Gasteiger partial charge in [-0.05, 0) is 30.7 Å². The third kappa shape index (κ3) is 1.85. The molecule has 0 unspecified atom stereocenters. The SMILES string of the molecule is Cc1cc(Oc2cn[nH]n2)ccc1Cl. The molecule has 4 nitrogen and oxygen atoms in total. The Bertz CT molecular complexity index is 428. The number of nitrogens with zero attached hydrogens (tertiary/aromatic N) is 2. The predicted octanol–water partition coefficient (Wildman–Crippen LogP) is 2.56. The van der Waals surface area contributed by atoms with Crippen LogP contribution >= 0.6 is 11.6 Å². The van der Waals surface area contributed by atoms with Crippen LogP contribution < -0.4 is 4.74 Å². The molecule has 0 spiro atoms. The van der Waals surface area contributed by atoms with Gasteiger partial charge >= 0.3 is 0 Å². The first kappa shape index (κ1) is 9.02. The highest BCUT2D eigenvalue weighted by Crippen LogP contribution is 2.23. The van der Waals surface area contributed by atoms with Crippen molar-refractivity contribution in [3.05, 3.63) is 35.0 Å². The summed E-state index contributed by atoms with van der Waals surface area (Å²) < 4.78 is 5.39. The zero-order valence-corrected chi connectivity index (χ0v) is 8.25. The molecule has 0 aliphatic rings. The maximum Gasteiger partial charge on any atom is 0.258 e. The summed E-state index contributed by atoms with van der Waals surface area (Å²) in [7, 11) is 0. The summed E-state index contributed by atoms with van der Waals surface area (Å²) in [5, 5.41) is 10.6. The van der Waals surface area contributed by atoms with Gasteiger partial charge in [0.05, 0.1) is 0 Å². The van der Waals surface area contributed by atoms with E-state index in [1.165, 1.54) is 6.20 Å². The highest BCUT2D eigenvalue weighted by molar-refractivity contribution is 6.31. The molecule has 0 radical (unpaired) electrons. The largest absolute Gasteiger partial charge is 0.436 e. The zero-order chi connectivity index (χ0) is 9.97. The minimum Gasteiger partial charge on any atom is -0.436 e. The molecule has 5 heteroatoms. The van der Waals surface area contributed by atoms with E-state index in [9.17, 15) is 0 Å². The van der Waals surface area contributed by atoms with Crippen LogP contribution in [0.3, 0.4) is 0 Å². The van der Waals surface area contributed by atoms with Crippen molar-refractivity contribution in [2.24, 2.45) is 0 Å². The molecule has 1 aromatic heterocycles. The van der Waals surface area contributed by atoms with Gasteiger partial charge in [-0.3, -0.25) is 0 Å². The van der Waals surface area contributed by atoms with Crippen LogP contribution in [0, 0.1) is 6.92 Å². The summed E-state index contributed by atoms with van der Waals surface area (Å²) in [6, 6.07) is 5.41. The van der Waals surface area contributed by atoms with Crippen LogP contribution in [-0.4, -0.2) is 15.4 Å². The number of benzene rings is 1. The molecule has 0 saturated heterocycles. The Morgan fingerprint density at radius 1 is 1.43 bits per heavy atom. The van der Waals surface area contributed by atoms with Crippen LogP contribution in [0.2, 0.25) is 5.02 Å². The van der Waals surface area contributed by atoms with Crippen molar-refractivity contribution in [1.82, 2.24) is 15.4 Å². The molecule has 1 N–H and O–H groups in total. The van der Waals surface area contributed by atoms with Crippen molar-refractivity contribution in [1.29, 1.82) is 0 Å². The van der Waals surface area contributed by atoms with E-state index in [1.807, 2.05) is 13.0 Å². The Morgan fingerprint density at radius 2 is 2.29 bits per heavy atom. The third-order valence-corrected chi connectivity index (χ3v) is 2.17.